The molecule has 2 heteroatoms. The summed E-state index contributed by atoms with van der Waals surface area (Å²) in [7, 11) is 0. The van der Waals surface area contributed by atoms with E-state index in [1.54, 1.807) is 0 Å². The molecule has 0 aliphatic heterocycles. The molecule has 17 heavy (non-hydrogen) atoms. The molecule has 0 nitrogen and oxygen atoms in total. The van der Waals surface area contributed by atoms with Crippen molar-refractivity contribution in [2.24, 2.45) is 5.41 Å². The lowest BCUT2D eigenvalue weighted by atomic mass is 9.80. The summed E-state index contributed by atoms with van der Waals surface area (Å²) >= 11 is 0. The second-order valence-electron chi connectivity index (χ2n) is 5.79. The van der Waals surface area contributed by atoms with E-state index in [0.29, 0.717) is 24.8 Å². The summed E-state index contributed by atoms with van der Waals surface area (Å²) in [5.74, 6) is -2.62. The fraction of sp³-hybridized carbons (Fsp3) is 0.600. The number of hydrogen-bond donors (Lipinski definition) is 0. The van der Waals surface area contributed by atoms with Crippen LogP contribution in [0.1, 0.15) is 47.9 Å². The summed E-state index contributed by atoms with van der Waals surface area (Å²) in [5.41, 5.74) is 2.32. The van der Waals surface area contributed by atoms with Gasteiger partial charge < -0.3 is 0 Å². The number of rotatable bonds is 0. The lowest BCUT2D eigenvalue weighted by Gasteiger charge is -2.31. The van der Waals surface area contributed by atoms with E-state index >= 15 is 0 Å². The summed E-state index contributed by atoms with van der Waals surface area (Å²) in [6.45, 7) is 3.78. The third-order valence-electron chi connectivity index (χ3n) is 4.81. The van der Waals surface area contributed by atoms with Crippen LogP contribution in [0.25, 0.3) is 0 Å². The van der Waals surface area contributed by atoms with Crippen LogP contribution < -0.4 is 0 Å². The minimum Gasteiger partial charge on any atom is -0.201 e. The lowest BCUT2D eigenvalue weighted by molar-refractivity contribution is -0.114. The Labute approximate surface area is 101 Å². The summed E-state index contributed by atoms with van der Waals surface area (Å²) in [6.07, 6.45) is 3.88. The number of hydrogen-bond acceptors (Lipinski definition) is 0. The highest BCUT2D eigenvalue weighted by Crippen LogP contribution is 2.62. The Morgan fingerprint density at radius 3 is 2.18 bits per heavy atom. The first-order valence-corrected chi connectivity index (χ1v) is 6.45. The number of benzene rings is 1. The molecule has 3 rings (SSSR count). The fourth-order valence-electron chi connectivity index (χ4n) is 3.79. The van der Waals surface area contributed by atoms with E-state index in [2.05, 4.69) is 0 Å². The highest BCUT2D eigenvalue weighted by atomic mass is 19.3. The van der Waals surface area contributed by atoms with Crippen molar-refractivity contribution in [3.63, 3.8) is 0 Å². The molecule has 1 spiro atoms. The van der Waals surface area contributed by atoms with Gasteiger partial charge in [-0.25, -0.2) is 8.78 Å². The van der Waals surface area contributed by atoms with Gasteiger partial charge in [0.15, 0.2) is 0 Å². The number of halogens is 2. The first-order chi connectivity index (χ1) is 7.98. The molecule has 0 amide bonds. The van der Waals surface area contributed by atoms with Crippen molar-refractivity contribution in [2.75, 3.05) is 0 Å². The Morgan fingerprint density at radius 2 is 1.59 bits per heavy atom. The molecule has 0 aromatic heterocycles. The van der Waals surface area contributed by atoms with Gasteiger partial charge in [0.05, 0.1) is 0 Å². The van der Waals surface area contributed by atoms with Crippen LogP contribution in [0.2, 0.25) is 0 Å². The molecule has 0 atom stereocenters. The van der Waals surface area contributed by atoms with Gasteiger partial charge in [-0.2, -0.15) is 0 Å². The monoisotopic (exact) mass is 236 g/mol. The van der Waals surface area contributed by atoms with E-state index < -0.39 is 11.3 Å². The van der Waals surface area contributed by atoms with Crippen LogP contribution in [0.5, 0.6) is 0 Å². The van der Waals surface area contributed by atoms with Gasteiger partial charge in [-0.15, -0.1) is 0 Å². The molecule has 0 heterocycles. The maximum atomic E-state index is 14.7. The largest absolute Gasteiger partial charge is 0.279 e. The highest BCUT2D eigenvalue weighted by molar-refractivity contribution is 5.48. The molecular weight excluding hydrogens is 218 g/mol. The smallest absolute Gasteiger partial charge is 0.201 e. The molecule has 1 fully saturated rings. The first kappa shape index (κ1) is 11.2. The first-order valence-electron chi connectivity index (χ1n) is 6.45. The Morgan fingerprint density at radius 1 is 1.00 bits per heavy atom. The topological polar surface area (TPSA) is 0 Å². The predicted molar refractivity (Wildman–Crippen MR) is 64.4 cm³/mol. The third kappa shape index (κ3) is 1.27. The normalized spacial score (nSPS) is 24.2. The van der Waals surface area contributed by atoms with Gasteiger partial charge in [0.25, 0.3) is 5.92 Å². The molecule has 0 radical (unpaired) electrons. The zero-order valence-electron chi connectivity index (χ0n) is 10.4. The van der Waals surface area contributed by atoms with Crippen molar-refractivity contribution in [1.29, 1.82) is 0 Å². The Bertz CT molecular complexity index is 468. The summed E-state index contributed by atoms with van der Waals surface area (Å²) in [5, 5.41) is 0. The van der Waals surface area contributed by atoms with Crippen LogP contribution in [0.3, 0.4) is 0 Å². The summed E-state index contributed by atoms with van der Waals surface area (Å²) in [4.78, 5) is 0. The zero-order valence-corrected chi connectivity index (χ0v) is 10.4. The Hall–Kier alpha value is -0.920. The molecule has 1 aromatic rings. The van der Waals surface area contributed by atoms with Gasteiger partial charge >= 0.3 is 0 Å². The van der Waals surface area contributed by atoms with Crippen molar-refractivity contribution in [1.82, 2.24) is 0 Å². The summed E-state index contributed by atoms with van der Waals surface area (Å²) < 4.78 is 29.5. The average Bonchev–Trinajstić information content (AvgIpc) is 2.81. The van der Waals surface area contributed by atoms with Gasteiger partial charge in [-0.1, -0.05) is 25.0 Å². The Kier molecular flexibility index (Phi) is 2.17. The molecule has 1 saturated carbocycles. The van der Waals surface area contributed by atoms with Crippen molar-refractivity contribution in [3.05, 3.63) is 34.4 Å². The number of fused-ring (bicyclic) bond motifs is 1. The molecular formula is C15H18F2. The van der Waals surface area contributed by atoms with Gasteiger partial charge in [-0.05, 0) is 49.8 Å². The molecule has 0 saturated heterocycles. The zero-order chi connectivity index (χ0) is 12.3. The minimum absolute atomic E-state index is 0.347. The predicted octanol–water partition coefficient (Wildman–Crippen LogP) is 4.51. The maximum Gasteiger partial charge on any atom is 0.279 e. The maximum absolute atomic E-state index is 14.7. The van der Waals surface area contributed by atoms with Crippen molar-refractivity contribution in [2.45, 2.75) is 51.9 Å². The van der Waals surface area contributed by atoms with E-state index in [0.717, 1.165) is 29.5 Å². The standard InChI is InChI=1S/C15H18F2/c1-10-5-6-11(2)13-12(10)9-14(15(13,16)17)7-3-4-8-14/h5-6H,3-4,7-9H2,1-2H3. The molecule has 2 aliphatic carbocycles. The van der Waals surface area contributed by atoms with Crippen molar-refractivity contribution in [3.8, 4) is 0 Å². The van der Waals surface area contributed by atoms with E-state index in [9.17, 15) is 8.78 Å². The molecule has 0 bridgehead atoms. The quantitative estimate of drug-likeness (QED) is 0.621. The third-order valence-corrected chi connectivity index (χ3v) is 4.81. The van der Waals surface area contributed by atoms with Crippen LogP contribution in [-0.2, 0) is 12.3 Å². The van der Waals surface area contributed by atoms with Crippen LogP contribution in [0.4, 0.5) is 8.78 Å². The lowest BCUT2D eigenvalue weighted by Crippen LogP contribution is -2.33. The summed E-state index contributed by atoms with van der Waals surface area (Å²) in [6, 6.07) is 3.83. The molecule has 1 aromatic carbocycles. The average molecular weight is 236 g/mol. The molecule has 2 aliphatic rings. The van der Waals surface area contributed by atoms with Crippen LogP contribution in [0.15, 0.2) is 12.1 Å². The number of alkyl halides is 2. The number of aryl methyl sites for hydroxylation is 2. The van der Waals surface area contributed by atoms with Crippen LogP contribution in [0, 0.1) is 19.3 Å². The second kappa shape index (κ2) is 3.30. The second-order valence-corrected chi connectivity index (χ2v) is 5.79. The van der Waals surface area contributed by atoms with Crippen LogP contribution in [-0.4, -0.2) is 0 Å². The molecule has 0 unspecified atom stereocenters. The van der Waals surface area contributed by atoms with E-state index in [4.69, 9.17) is 0 Å². The van der Waals surface area contributed by atoms with E-state index in [1.165, 1.54) is 0 Å². The van der Waals surface area contributed by atoms with Crippen LogP contribution >= 0.6 is 0 Å². The molecule has 0 N–H and O–H groups in total. The van der Waals surface area contributed by atoms with Gasteiger partial charge in [0, 0.05) is 11.0 Å². The van der Waals surface area contributed by atoms with Crippen molar-refractivity contribution < 1.29 is 8.78 Å². The van der Waals surface area contributed by atoms with Gasteiger partial charge in [-0.3, -0.25) is 0 Å². The Balaban J connectivity index is 2.22. The molecule has 92 valence electrons. The van der Waals surface area contributed by atoms with Gasteiger partial charge in [0.1, 0.15) is 0 Å². The fourth-order valence-corrected chi connectivity index (χ4v) is 3.79. The highest BCUT2D eigenvalue weighted by Gasteiger charge is 2.61. The minimum atomic E-state index is -2.62. The van der Waals surface area contributed by atoms with E-state index in [-0.39, 0.29) is 0 Å². The van der Waals surface area contributed by atoms with Gasteiger partial charge in [0.2, 0.25) is 0 Å². The van der Waals surface area contributed by atoms with E-state index in [1.807, 2.05) is 26.0 Å². The SMILES string of the molecule is Cc1ccc(C)c2c1CC1(CCCC1)C2(F)F. The van der Waals surface area contributed by atoms with Crippen molar-refractivity contribution >= 4 is 0 Å².